The molecule has 0 aliphatic rings. The Labute approximate surface area is 117 Å². The lowest BCUT2D eigenvalue weighted by Gasteiger charge is -2.05. The Bertz CT molecular complexity index is 643. The summed E-state index contributed by atoms with van der Waals surface area (Å²) in [4.78, 5) is 1.34. The van der Waals surface area contributed by atoms with Crippen LogP contribution in [0.3, 0.4) is 0 Å². The Morgan fingerprint density at radius 1 is 1.50 bits per heavy atom. The van der Waals surface area contributed by atoms with Gasteiger partial charge in [0.2, 0.25) is 0 Å². The van der Waals surface area contributed by atoms with E-state index in [1.165, 1.54) is 23.5 Å². The normalized spacial score (nSPS) is 10.3. The van der Waals surface area contributed by atoms with E-state index in [0.29, 0.717) is 17.0 Å². The summed E-state index contributed by atoms with van der Waals surface area (Å²) >= 11 is 4.71. The van der Waals surface area contributed by atoms with Gasteiger partial charge in [0.1, 0.15) is 16.8 Å². The standard InChI is InChI=1S/C13H10BrFN2S/c1-2-8-12(17)11(6-16)18-13(8)9-5-7(15)3-4-10(9)14/h3-5H,2,17H2,1H3. The van der Waals surface area contributed by atoms with Crippen LogP contribution in [-0.2, 0) is 6.42 Å². The summed E-state index contributed by atoms with van der Waals surface area (Å²) in [5.74, 6) is -0.305. The first-order chi connectivity index (χ1) is 8.58. The number of nitrogen functional groups attached to an aromatic ring is 1. The van der Waals surface area contributed by atoms with Crippen LogP contribution < -0.4 is 5.73 Å². The van der Waals surface area contributed by atoms with Crippen LogP contribution in [-0.4, -0.2) is 0 Å². The molecule has 2 rings (SSSR count). The lowest BCUT2D eigenvalue weighted by atomic mass is 10.1. The molecule has 0 aliphatic heterocycles. The van der Waals surface area contributed by atoms with Crippen LogP contribution in [0.25, 0.3) is 10.4 Å². The Hall–Kier alpha value is -1.38. The largest absolute Gasteiger partial charge is 0.397 e. The quantitative estimate of drug-likeness (QED) is 0.893. The molecule has 0 saturated heterocycles. The van der Waals surface area contributed by atoms with Gasteiger partial charge in [-0.25, -0.2) is 4.39 Å². The van der Waals surface area contributed by atoms with Gasteiger partial charge in [0, 0.05) is 14.9 Å². The molecule has 0 amide bonds. The molecule has 0 bridgehead atoms. The van der Waals surface area contributed by atoms with Gasteiger partial charge < -0.3 is 5.73 Å². The molecular weight excluding hydrogens is 315 g/mol. The minimum Gasteiger partial charge on any atom is -0.397 e. The second kappa shape index (κ2) is 5.09. The van der Waals surface area contributed by atoms with Crippen molar-refractivity contribution in [2.75, 3.05) is 5.73 Å². The predicted molar refractivity (Wildman–Crippen MR) is 75.9 cm³/mol. The first-order valence-electron chi connectivity index (χ1n) is 5.35. The molecule has 0 fully saturated rings. The highest BCUT2D eigenvalue weighted by Crippen LogP contribution is 2.41. The number of anilines is 1. The number of nitrogens with two attached hydrogens (primary N) is 1. The van der Waals surface area contributed by atoms with Crippen LogP contribution in [0.15, 0.2) is 22.7 Å². The van der Waals surface area contributed by atoms with Crippen LogP contribution in [0.1, 0.15) is 17.4 Å². The van der Waals surface area contributed by atoms with E-state index in [9.17, 15) is 4.39 Å². The molecule has 1 aromatic heterocycles. The van der Waals surface area contributed by atoms with Gasteiger partial charge >= 0.3 is 0 Å². The van der Waals surface area contributed by atoms with Crippen LogP contribution in [0.4, 0.5) is 10.1 Å². The average molecular weight is 325 g/mol. The third kappa shape index (κ3) is 2.14. The summed E-state index contributed by atoms with van der Waals surface area (Å²) in [6.07, 6.45) is 0.711. The fourth-order valence-electron chi connectivity index (χ4n) is 1.80. The van der Waals surface area contributed by atoms with Crippen molar-refractivity contribution < 1.29 is 4.39 Å². The van der Waals surface area contributed by atoms with E-state index in [4.69, 9.17) is 11.0 Å². The highest BCUT2D eigenvalue weighted by Gasteiger charge is 2.17. The molecule has 0 radical (unpaired) electrons. The minimum atomic E-state index is -0.305. The van der Waals surface area contributed by atoms with Gasteiger partial charge in [0.25, 0.3) is 0 Å². The predicted octanol–water partition coefficient (Wildman–Crippen LogP) is 4.33. The zero-order valence-electron chi connectivity index (χ0n) is 9.63. The molecular formula is C13H10BrFN2S. The first kappa shape index (κ1) is 13.1. The van der Waals surface area contributed by atoms with Gasteiger partial charge in [-0.2, -0.15) is 5.26 Å². The molecule has 2 nitrogen and oxygen atoms in total. The fraction of sp³-hybridized carbons (Fsp3) is 0.154. The minimum absolute atomic E-state index is 0.305. The molecule has 0 saturated carbocycles. The second-order valence-electron chi connectivity index (χ2n) is 3.74. The smallest absolute Gasteiger partial charge is 0.128 e. The zero-order chi connectivity index (χ0) is 13.3. The Kier molecular flexibility index (Phi) is 3.69. The van der Waals surface area contributed by atoms with Crippen molar-refractivity contribution in [3.63, 3.8) is 0 Å². The van der Waals surface area contributed by atoms with E-state index in [1.807, 2.05) is 6.92 Å². The molecule has 2 aromatic rings. The fourth-order valence-corrected chi connectivity index (χ4v) is 3.52. The Balaban J connectivity index is 2.71. The van der Waals surface area contributed by atoms with Gasteiger partial charge in [0.05, 0.1) is 5.69 Å². The summed E-state index contributed by atoms with van der Waals surface area (Å²) in [7, 11) is 0. The number of halogens is 2. The molecule has 92 valence electrons. The van der Waals surface area contributed by atoms with Gasteiger partial charge in [0.15, 0.2) is 0 Å². The Morgan fingerprint density at radius 2 is 2.22 bits per heavy atom. The SMILES string of the molecule is CCc1c(-c2cc(F)ccc2Br)sc(C#N)c1N. The molecule has 0 spiro atoms. The summed E-state index contributed by atoms with van der Waals surface area (Å²) in [5, 5.41) is 9.02. The molecule has 2 N–H and O–H groups in total. The van der Waals surface area contributed by atoms with Gasteiger partial charge in [-0.1, -0.05) is 22.9 Å². The lowest BCUT2D eigenvalue weighted by molar-refractivity contribution is 0.628. The van der Waals surface area contributed by atoms with Gasteiger partial charge in [-0.3, -0.25) is 0 Å². The molecule has 0 atom stereocenters. The van der Waals surface area contributed by atoms with Crippen molar-refractivity contribution in [3.05, 3.63) is 38.9 Å². The number of hydrogen-bond acceptors (Lipinski definition) is 3. The summed E-state index contributed by atoms with van der Waals surface area (Å²) in [5.41, 5.74) is 8.09. The summed E-state index contributed by atoms with van der Waals surface area (Å²) in [6.45, 7) is 1.97. The molecule has 1 aromatic carbocycles. The summed E-state index contributed by atoms with van der Waals surface area (Å²) in [6, 6.07) is 6.58. The monoisotopic (exact) mass is 324 g/mol. The van der Waals surface area contributed by atoms with E-state index in [-0.39, 0.29) is 5.82 Å². The van der Waals surface area contributed by atoms with Crippen molar-refractivity contribution in [2.45, 2.75) is 13.3 Å². The molecule has 0 aliphatic carbocycles. The van der Waals surface area contributed by atoms with Crippen LogP contribution in [0.2, 0.25) is 0 Å². The maximum absolute atomic E-state index is 13.3. The van der Waals surface area contributed by atoms with Crippen molar-refractivity contribution in [1.82, 2.24) is 0 Å². The van der Waals surface area contributed by atoms with E-state index >= 15 is 0 Å². The third-order valence-electron chi connectivity index (χ3n) is 2.68. The maximum Gasteiger partial charge on any atom is 0.128 e. The van der Waals surface area contributed by atoms with Crippen LogP contribution >= 0.6 is 27.3 Å². The van der Waals surface area contributed by atoms with Crippen molar-refractivity contribution in [2.24, 2.45) is 0 Å². The number of benzene rings is 1. The highest BCUT2D eigenvalue weighted by atomic mass is 79.9. The molecule has 18 heavy (non-hydrogen) atoms. The molecule has 1 heterocycles. The highest BCUT2D eigenvalue weighted by molar-refractivity contribution is 9.10. The topological polar surface area (TPSA) is 49.8 Å². The van der Waals surface area contributed by atoms with Crippen molar-refractivity contribution in [1.29, 1.82) is 5.26 Å². The second-order valence-corrected chi connectivity index (χ2v) is 5.62. The van der Waals surface area contributed by atoms with E-state index in [0.717, 1.165) is 20.5 Å². The number of nitriles is 1. The van der Waals surface area contributed by atoms with Crippen molar-refractivity contribution in [3.8, 4) is 16.5 Å². The zero-order valence-corrected chi connectivity index (χ0v) is 12.0. The average Bonchev–Trinajstić information content (AvgIpc) is 2.68. The van der Waals surface area contributed by atoms with Gasteiger partial charge in [-0.05, 0) is 30.2 Å². The van der Waals surface area contributed by atoms with E-state index < -0.39 is 0 Å². The number of hydrogen-bond donors (Lipinski definition) is 1. The lowest BCUT2D eigenvalue weighted by Crippen LogP contribution is -1.92. The van der Waals surface area contributed by atoms with Crippen molar-refractivity contribution >= 4 is 33.0 Å². The number of rotatable bonds is 2. The van der Waals surface area contributed by atoms with Crippen LogP contribution in [0, 0.1) is 17.1 Å². The maximum atomic E-state index is 13.3. The number of nitrogens with zero attached hydrogens (tertiary/aromatic N) is 1. The summed E-state index contributed by atoms with van der Waals surface area (Å²) < 4.78 is 14.1. The van der Waals surface area contributed by atoms with Crippen LogP contribution in [0.5, 0.6) is 0 Å². The van der Waals surface area contributed by atoms with Gasteiger partial charge in [-0.15, -0.1) is 11.3 Å². The van der Waals surface area contributed by atoms with E-state index in [1.54, 1.807) is 6.07 Å². The Morgan fingerprint density at radius 3 is 2.83 bits per heavy atom. The number of thiophene rings is 1. The molecule has 0 unspecified atom stereocenters. The van der Waals surface area contributed by atoms with E-state index in [2.05, 4.69) is 22.0 Å². The third-order valence-corrected chi connectivity index (χ3v) is 4.55. The molecule has 5 heteroatoms. The first-order valence-corrected chi connectivity index (χ1v) is 6.96.